The molecule has 0 aliphatic carbocycles. The van der Waals surface area contributed by atoms with Crippen molar-refractivity contribution in [1.29, 1.82) is 0 Å². The number of nitrogens with one attached hydrogen (secondary N) is 2. The van der Waals surface area contributed by atoms with Gasteiger partial charge in [-0.1, -0.05) is 31.5 Å². The largest absolute Gasteiger partial charge is 0.323 e. The first-order chi connectivity index (χ1) is 12.9. The number of hydrogen-bond donors (Lipinski definition) is 2. The van der Waals surface area contributed by atoms with Crippen LogP contribution in [0.5, 0.6) is 0 Å². The fourth-order valence-electron chi connectivity index (χ4n) is 2.57. The molecule has 2 N–H and O–H groups in total. The molecule has 0 bridgehead atoms. The van der Waals surface area contributed by atoms with Crippen LogP contribution in [0.25, 0.3) is 0 Å². The summed E-state index contributed by atoms with van der Waals surface area (Å²) in [5.41, 5.74) is 1.06. The zero-order chi connectivity index (χ0) is 19.9. The van der Waals surface area contributed by atoms with Crippen LogP contribution in [0.1, 0.15) is 26.7 Å². The smallest absolute Gasteiger partial charge is 0.308 e. The third kappa shape index (κ3) is 5.95. The second kappa shape index (κ2) is 9.73. The van der Waals surface area contributed by atoms with E-state index in [4.69, 9.17) is 11.6 Å². The molecule has 0 aromatic heterocycles. The molecule has 6 nitrogen and oxygen atoms in total. The Morgan fingerprint density at radius 1 is 0.963 bits per heavy atom. The predicted octanol–water partition coefficient (Wildman–Crippen LogP) is 4.79. The molecule has 0 aliphatic rings. The van der Waals surface area contributed by atoms with Crippen LogP contribution in [0.2, 0.25) is 5.02 Å². The lowest BCUT2D eigenvalue weighted by atomic mass is 10.3. The monoisotopic (exact) mass is 409 g/mol. The number of rotatable bonds is 8. The van der Waals surface area contributed by atoms with Gasteiger partial charge in [0.1, 0.15) is 0 Å². The van der Waals surface area contributed by atoms with E-state index in [-0.39, 0.29) is 4.90 Å². The zero-order valence-electron chi connectivity index (χ0n) is 15.4. The second-order valence-electron chi connectivity index (χ2n) is 6.02. The molecule has 2 aromatic carbocycles. The van der Waals surface area contributed by atoms with Gasteiger partial charge in [0.15, 0.2) is 0 Å². The van der Waals surface area contributed by atoms with Gasteiger partial charge in [-0.25, -0.2) is 13.2 Å². The van der Waals surface area contributed by atoms with Crippen molar-refractivity contribution in [2.45, 2.75) is 31.6 Å². The minimum atomic E-state index is -3.53. The van der Waals surface area contributed by atoms with E-state index in [9.17, 15) is 13.2 Å². The van der Waals surface area contributed by atoms with Crippen LogP contribution >= 0.6 is 11.6 Å². The summed E-state index contributed by atoms with van der Waals surface area (Å²) in [6.07, 6.45) is 1.51. The number of anilines is 2. The Bertz CT molecular complexity index is 864. The molecule has 146 valence electrons. The Kier molecular flexibility index (Phi) is 7.65. The molecular formula is C19H24ClN3O3S. The summed E-state index contributed by atoms with van der Waals surface area (Å²) in [6.45, 7) is 4.86. The molecule has 2 amide bonds. The van der Waals surface area contributed by atoms with Gasteiger partial charge < -0.3 is 10.6 Å². The van der Waals surface area contributed by atoms with Gasteiger partial charge in [0.2, 0.25) is 10.0 Å². The van der Waals surface area contributed by atoms with Crippen LogP contribution in [0.4, 0.5) is 16.2 Å². The second-order valence-corrected chi connectivity index (χ2v) is 8.39. The van der Waals surface area contributed by atoms with E-state index >= 15 is 0 Å². The van der Waals surface area contributed by atoms with Gasteiger partial charge in [-0.05, 0) is 55.3 Å². The van der Waals surface area contributed by atoms with E-state index in [0.29, 0.717) is 29.5 Å². The van der Waals surface area contributed by atoms with E-state index in [1.165, 1.54) is 16.4 Å². The number of benzene rings is 2. The van der Waals surface area contributed by atoms with Gasteiger partial charge in [-0.2, -0.15) is 4.31 Å². The summed E-state index contributed by atoms with van der Waals surface area (Å²) in [5, 5.41) is 5.85. The summed E-state index contributed by atoms with van der Waals surface area (Å²) in [5.74, 6) is 0. The molecule has 0 saturated heterocycles. The maximum atomic E-state index is 12.7. The molecule has 0 saturated carbocycles. The summed E-state index contributed by atoms with van der Waals surface area (Å²) in [7, 11) is -3.53. The third-order valence-electron chi connectivity index (χ3n) is 3.78. The molecule has 8 heteroatoms. The quantitative estimate of drug-likeness (QED) is 0.657. The Morgan fingerprint density at radius 2 is 1.56 bits per heavy atom. The Morgan fingerprint density at radius 3 is 2.11 bits per heavy atom. The van der Waals surface area contributed by atoms with E-state index in [1.807, 2.05) is 13.8 Å². The predicted molar refractivity (Wildman–Crippen MR) is 110 cm³/mol. The van der Waals surface area contributed by atoms with Crippen LogP contribution < -0.4 is 10.6 Å². The van der Waals surface area contributed by atoms with Gasteiger partial charge >= 0.3 is 6.03 Å². The van der Waals surface area contributed by atoms with Crippen LogP contribution in [0, 0.1) is 0 Å². The van der Waals surface area contributed by atoms with Crippen molar-refractivity contribution >= 4 is 39.0 Å². The molecule has 0 aliphatic heterocycles. The normalized spacial score (nSPS) is 11.4. The molecule has 0 heterocycles. The molecule has 0 radical (unpaired) electrons. The lowest BCUT2D eigenvalue weighted by Crippen LogP contribution is -2.32. The highest BCUT2D eigenvalue weighted by Crippen LogP contribution is 2.20. The highest BCUT2D eigenvalue weighted by molar-refractivity contribution is 7.89. The molecule has 0 spiro atoms. The fraction of sp³-hybridized carbons (Fsp3) is 0.316. The lowest BCUT2D eigenvalue weighted by Gasteiger charge is -2.21. The van der Waals surface area contributed by atoms with Gasteiger partial charge in [-0.15, -0.1) is 0 Å². The molecule has 0 unspecified atom stereocenters. The van der Waals surface area contributed by atoms with E-state index < -0.39 is 16.1 Å². The van der Waals surface area contributed by atoms with Crippen molar-refractivity contribution in [2.75, 3.05) is 23.7 Å². The number of amides is 2. The summed E-state index contributed by atoms with van der Waals surface area (Å²) in [6, 6.07) is 12.5. The van der Waals surface area contributed by atoms with Crippen LogP contribution in [-0.2, 0) is 10.0 Å². The molecular weight excluding hydrogens is 386 g/mol. The number of carbonyl (C=O) groups excluding carboxylic acids is 1. The van der Waals surface area contributed by atoms with Crippen molar-refractivity contribution in [3.63, 3.8) is 0 Å². The van der Waals surface area contributed by atoms with Crippen molar-refractivity contribution in [2.24, 2.45) is 0 Å². The minimum Gasteiger partial charge on any atom is -0.308 e. The molecule has 2 aromatic rings. The average molecular weight is 410 g/mol. The topological polar surface area (TPSA) is 78.5 Å². The summed E-state index contributed by atoms with van der Waals surface area (Å²) < 4.78 is 27.0. The van der Waals surface area contributed by atoms with Crippen molar-refractivity contribution < 1.29 is 13.2 Å². The van der Waals surface area contributed by atoms with Gasteiger partial charge in [0.05, 0.1) is 4.90 Å². The highest BCUT2D eigenvalue weighted by atomic mass is 35.5. The van der Waals surface area contributed by atoms with Crippen molar-refractivity contribution in [3.8, 4) is 0 Å². The first-order valence-corrected chi connectivity index (χ1v) is 10.6. The number of nitrogens with zero attached hydrogens (tertiary/aromatic N) is 1. The van der Waals surface area contributed by atoms with Crippen LogP contribution in [0.3, 0.4) is 0 Å². The first-order valence-electron chi connectivity index (χ1n) is 8.80. The van der Waals surface area contributed by atoms with Gasteiger partial charge in [0.25, 0.3) is 0 Å². The fourth-order valence-corrected chi connectivity index (χ4v) is 4.38. The number of carbonyl (C=O) groups is 1. The van der Waals surface area contributed by atoms with E-state index in [2.05, 4.69) is 10.6 Å². The molecule has 2 rings (SSSR count). The molecule has 0 atom stereocenters. The number of sulfonamides is 1. The minimum absolute atomic E-state index is 0.213. The first kappa shape index (κ1) is 21.2. The van der Waals surface area contributed by atoms with E-state index in [1.54, 1.807) is 36.4 Å². The number of hydrogen-bond acceptors (Lipinski definition) is 3. The highest BCUT2D eigenvalue weighted by Gasteiger charge is 2.22. The Hall–Kier alpha value is -2.09. The summed E-state index contributed by atoms with van der Waals surface area (Å²) in [4.78, 5) is 12.3. The SMILES string of the molecule is CCCN(CCC)S(=O)(=O)c1ccc(NC(=O)Nc2cccc(Cl)c2)cc1. The number of urea groups is 1. The zero-order valence-corrected chi connectivity index (χ0v) is 17.0. The average Bonchev–Trinajstić information content (AvgIpc) is 2.62. The van der Waals surface area contributed by atoms with Crippen molar-refractivity contribution in [3.05, 3.63) is 53.6 Å². The van der Waals surface area contributed by atoms with E-state index in [0.717, 1.165) is 12.8 Å². The Balaban J connectivity index is 2.06. The molecule has 0 fully saturated rings. The van der Waals surface area contributed by atoms with Gasteiger partial charge in [0, 0.05) is 29.5 Å². The third-order valence-corrected chi connectivity index (χ3v) is 5.93. The standard InChI is InChI=1S/C19H24ClN3O3S/c1-3-12-23(13-4-2)27(25,26)18-10-8-16(9-11-18)21-19(24)22-17-7-5-6-15(20)14-17/h5-11,14H,3-4,12-13H2,1-2H3,(H2,21,22,24). The van der Waals surface area contributed by atoms with Crippen LogP contribution in [-0.4, -0.2) is 31.8 Å². The van der Waals surface area contributed by atoms with Gasteiger partial charge in [-0.3, -0.25) is 0 Å². The molecule has 27 heavy (non-hydrogen) atoms. The maximum Gasteiger partial charge on any atom is 0.323 e. The van der Waals surface area contributed by atoms with Crippen LogP contribution in [0.15, 0.2) is 53.4 Å². The maximum absolute atomic E-state index is 12.7. The lowest BCUT2D eigenvalue weighted by molar-refractivity contribution is 0.262. The van der Waals surface area contributed by atoms with Crippen molar-refractivity contribution in [1.82, 2.24) is 4.31 Å². The number of halogens is 1. The summed E-state index contributed by atoms with van der Waals surface area (Å²) >= 11 is 5.89. The Labute approximate surface area is 165 Å².